The zero-order valence-electron chi connectivity index (χ0n) is 12.5. The number of rotatable bonds is 6. The van der Waals surface area contributed by atoms with E-state index in [9.17, 15) is 9.59 Å². The summed E-state index contributed by atoms with van der Waals surface area (Å²) in [6.07, 6.45) is 1.75. The van der Waals surface area contributed by atoms with Crippen molar-refractivity contribution in [3.8, 4) is 0 Å². The molecule has 9 heteroatoms. The molecule has 0 spiro atoms. The third-order valence-corrected chi connectivity index (χ3v) is 4.29. The Labute approximate surface area is 136 Å². The van der Waals surface area contributed by atoms with Gasteiger partial charge in [-0.25, -0.2) is 0 Å². The lowest BCUT2D eigenvalue weighted by Gasteiger charge is -2.14. The highest BCUT2D eigenvalue weighted by atomic mass is 32.1. The van der Waals surface area contributed by atoms with Gasteiger partial charge in [0.05, 0.1) is 18.7 Å². The number of methoxy groups -OCH3 is 1. The quantitative estimate of drug-likeness (QED) is 0.853. The molecular formula is C14H16N4O4S. The number of anilines is 1. The van der Waals surface area contributed by atoms with Gasteiger partial charge >= 0.3 is 0 Å². The van der Waals surface area contributed by atoms with E-state index in [1.165, 1.54) is 11.3 Å². The molecule has 122 valence electrons. The van der Waals surface area contributed by atoms with Crippen molar-refractivity contribution < 1.29 is 18.7 Å². The number of amides is 2. The highest BCUT2D eigenvalue weighted by Gasteiger charge is 2.35. The first-order valence-corrected chi connectivity index (χ1v) is 7.89. The van der Waals surface area contributed by atoms with Crippen LogP contribution in [0, 0.1) is 5.92 Å². The van der Waals surface area contributed by atoms with Crippen LogP contribution in [-0.2, 0) is 27.5 Å². The van der Waals surface area contributed by atoms with Gasteiger partial charge in [-0.2, -0.15) is 0 Å². The minimum absolute atomic E-state index is 0.0566. The van der Waals surface area contributed by atoms with E-state index < -0.39 is 5.92 Å². The first-order chi connectivity index (χ1) is 11.2. The fraction of sp³-hybridized carbons (Fsp3) is 0.429. The van der Waals surface area contributed by atoms with Crippen LogP contribution in [0.4, 0.5) is 5.13 Å². The molecule has 0 saturated carbocycles. The van der Waals surface area contributed by atoms with E-state index in [-0.39, 0.29) is 18.2 Å². The monoisotopic (exact) mass is 336 g/mol. The van der Waals surface area contributed by atoms with Crippen LogP contribution in [0.15, 0.2) is 22.8 Å². The summed E-state index contributed by atoms with van der Waals surface area (Å²) < 4.78 is 10.2. The molecule has 0 aromatic carbocycles. The fourth-order valence-corrected chi connectivity index (χ4v) is 3.10. The van der Waals surface area contributed by atoms with Crippen LogP contribution in [-0.4, -0.2) is 40.6 Å². The van der Waals surface area contributed by atoms with Gasteiger partial charge < -0.3 is 19.4 Å². The van der Waals surface area contributed by atoms with Crippen molar-refractivity contribution in [1.29, 1.82) is 0 Å². The van der Waals surface area contributed by atoms with E-state index in [1.54, 1.807) is 30.4 Å². The lowest BCUT2D eigenvalue weighted by molar-refractivity contribution is -0.128. The van der Waals surface area contributed by atoms with E-state index in [0.717, 1.165) is 0 Å². The molecule has 2 aromatic heterocycles. The Morgan fingerprint density at radius 1 is 1.57 bits per heavy atom. The van der Waals surface area contributed by atoms with Gasteiger partial charge in [0.25, 0.3) is 0 Å². The number of nitrogens with zero attached hydrogens (tertiary/aromatic N) is 3. The summed E-state index contributed by atoms with van der Waals surface area (Å²) in [4.78, 5) is 25.9. The number of aromatic nitrogens is 2. The second-order valence-corrected chi connectivity index (χ2v) is 6.24. The second-order valence-electron chi connectivity index (χ2n) is 5.18. The minimum atomic E-state index is -0.396. The van der Waals surface area contributed by atoms with E-state index in [0.29, 0.717) is 35.6 Å². The number of nitrogens with one attached hydrogen (secondary N) is 1. The molecule has 0 radical (unpaired) electrons. The summed E-state index contributed by atoms with van der Waals surface area (Å²) in [6, 6.07) is 3.58. The van der Waals surface area contributed by atoms with Gasteiger partial charge in [0.2, 0.25) is 16.9 Å². The molecule has 2 amide bonds. The summed E-state index contributed by atoms with van der Waals surface area (Å²) in [5.41, 5.74) is 0. The van der Waals surface area contributed by atoms with E-state index in [2.05, 4.69) is 15.5 Å². The standard InChI is InChI=1S/C14H16N4O4S/c1-21-8-11-16-17-14(23-11)15-13(20)9-5-12(19)18(6-9)7-10-3-2-4-22-10/h2-4,9H,5-8H2,1H3,(H,15,17,20). The number of ether oxygens (including phenoxy) is 1. The predicted octanol–water partition coefficient (Wildman–Crippen LogP) is 1.26. The Morgan fingerprint density at radius 3 is 3.17 bits per heavy atom. The summed E-state index contributed by atoms with van der Waals surface area (Å²) in [5.74, 6) is 0.0271. The third kappa shape index (κ3) is 3.74. The predicted molar refractivity (Wildman–Crippen MR) is 81.5 cm³/mol. The Bertz CT molecular complexity index is 685. The first-order valence-electron chi connectivity index (χ1n) is 7.08. The molecule has 3 rings (SSSR count). The molecule has 1 atom stereocenters. The van der Waals surface area contributed by atoms with Crippen molar-refractivity contribution in [2.75, 3.05) is 19.0 Å². The van der Waals surface area contributed by atoms with E-state index >= 15 is 0 Å². The summed E-state index contributed by atoms with van der Waals surface area (Å²) in [6.45, 7) is 1.11. The number of furan rings is 1. The first kappa shape index (κ1) is 15.6. The Kier molecular flexibility index (Phi) is 4.68. The molecular weight excluding hydrogens is 320 g/mol. The van der Waals surface area contributed by atoms with Crippen molar-refractivity contribution in [2.45, 2.75) is 19.6 Å². The van der Waals surface area contributed by atoms with Gasteiger partial charge in [0, 0.05) is 20.1 Å². The number of hydrogen-bond donors (Lipinski definition) is 1. The van der Waals surface area contributed by atoms with Crippen LogP contribution < -0.4 is 5.32 Å². The van der Waals surface area contributed by atoms with Gasteiger partial charge in [-0.3, -0.25) is 9.59 Å². The molecule has 1 aliphatic heterocycles. The summed E-state index contributed by atoms with van der Waals surface area (Å²) >= 11 is 1.26. The van der Waals surface area contributed by atoms with Crippen molar-refractivity contribution in [1.82, 2.24) is 15.1 Å². The van der Waals surface area contributed by atoms with E-state index in [4.69, 9.17) is 9.15 Å². The average Bonchev–Trinajstić information content (AvgIpc) is 3.24. The third-order valence-electron chi connectivity index (χ3n) is 3.48. The molecule has 2 aromatic rings. The van der Waals surface area contributed by atoms with Gasteiger partial charge in [-0.05, 0) is 12.1 Å². The van der Waals surface area contributed by atoms with Crippen LogP contribution in [0.3, 0.4) is 0 Å². The van der Waals surface area contributed by atoms with Crippen LogP contribution in [0.1, 0.15) is 17.2 Å². The summed E-state index contributed by atoms with van der Waals surface area (Å²) in [7, 11) is 1.57. The number of carbonyl (C=O) groups excluding carboxylic acids is 2. The van der Waals surface area contributed by atoms with Gasteiger partial charge in [0.1, 0.15) is 17.4 Å². The maximum atomic E-state index is 12.3. The smallest absolute Gasteiger partial charge is 0.231 e. The molecule has 1 unspecified atom stereocenters. The molecule has 1 N–H and O–H groups in total. The van der Waals surface area contributed by atoms with Gasteiger partial charge in [-0.15, -0.1) is 10.2 Å². The molecule has 0 aliphatic carbocycles. The van der Waals surface area contributed by atoms with Crippen molar-refractivity contribution in [2.24, 2.45) is 5.92 Å². The van der Waals surface area contributed by atoms with Gasteiger partial charge in [-0.1, -0.05) is 11.3 Å². The average molecular weight is 336 g/mol. The normalized spacial score (nSPS) is 17.7. The maximum Gasteiger partial charge on any atom is 0.231 e. The number of carbonyl (C=O) groups is 2. The molecule has 1 fully saturated rings. The lowest BCUT2D eigenvalue weighted by atomic mass is 10.1. The largest absolute Gasteiger partial charge is 0.467 e. The highest BCUT2D eigenvalue weighted by Crippen LogP contribution is 2.23. The topological polar surface area (TPSA) is 97.6 Å². The molecule has 1 aliphatic rings. The zero-order chi connectivity index (χ0) is 16.2. The Morgan fingerprint density at radius 2 is 2.43 bits per heavy atom. The molecule has 1 saturated heterocycles. The van der Waals surface area contributed by atoms with Crippen molar-refractivity contribution >= 4 is 28.3 Å². The van der Waals surface area contributed by atoms with E-state index in [1.807, 2.05) is 0 Å². The molecule has 8 nitrogen and oxygen atoms in total. The van der Waals surface area contributed by atoms with Crippen LogP contribution in [0.25, 0.3) is 0 Å². The fourth-order valence-electron chi connectivity index (χ4n) is 2.38. The Balaban J connectivity index is 1.56. The number of likely N-dealkylation sites (tertiary alicyclic amines) is 1. The molecule has 0 bridgehead atoms. The zero-order valence-corrected chi connectivity index (χ0v) is 13.3. The van der Waals surface area contributed by atoms with Crippen LogP contribution >= 0.6 is 11.3 Å². The Hall–Kier alpha value is -2.26. The number of hydrogen-bond acceptors (Lipinski definition) is 7. The minimum Gasteiger partial charge on any atom is -0.467 e. The molecule has 3 heterocycles. The van der Waals surface area contributed by atoms with Gasteiger partial charge in [0.15, 0.2) is 0 Å². The maximum absolute atomic E-state index is 12.3. The van der Waals surface area contributed by atoms with Crippen molar-refractivity contribution in [3.05, 3.63) is 29.2 Å². The van der Waals surface area contributed by atoms with Crippen LogP contribution in [0.5, 0.6) is 0 Å². The van der Waals surface area contributed by atoms with Crippen molar-refractivity contribution in [3.63, 3.8) is 0 Å². The lowest BCUT2D eigenvalue weighted by Crippen LogP contribution is -2.27. The van der Waals surface area contributed by atoms with Crippen LogP contribution in [0.2, 0.25) is 0 Å². The summed E-state index contributed by atoms with van der Waals surface area (Å²) in [5, 5.41) is 11.6. The molecule has 23 heavy (non-hydrogen) atoms. The highest BCUT2D eigenvalue weighted by molar-refractivity contribution is 7.15. The second kappa shape index (κ2) is 6.88. The SMILES string of the molecule is COCc1nnc(NC(=O)C2CC(=O)N(Cc3ccco3)C2)s1.